The van der Waals surface area contributed by atoms with Gasteiger partial charge in [0.2, 0.25) is 5.91 Å². The van der Waals surface area contributed by atoms with Gasteiger partial charge in [-0.3, -0.25) is 4.79 Å². The molecule has 0 aliphatic carbocycles. The minimum atomic E-state index is -0.929. The molecule has 1 amide bonds. The van der Waals surface area contributed by atoms with Crippen LogP contribution >= 0.6 is 11.6 Å². The highest BCUT2D eigenvalue weighted by Crippen LogP contribution is 2.26. The van der Waals surface area contributed by atoms with Crippen molar-refractivity contribution in [2.24, 2.45) is 5.73 Å². The normalized spacial score (nSPS) is 12.3. The van der Waals surface area contributed by atoms with Gasteiger partial charge in [-0.05, 0) is 12.5 Å². The molecule has 1 aromatic rings. The lowest BCUT2D eigenvalue weighted by molar-refractivity contribution is -0.117. The molecule has 0 saturated heterocycles. The second kappa shape index (κ2) is 5.23. The Balaban J connectivity index is 2.93. The van der Waals surface area contributed by atoms with Gasteiger partial charge in [0.25, 0.3) is 0 Å². The fourth-order valence-electron chi connectivity index (χ4n) is 1.06. The standard InChI is InChI=1S/C10H11ClF2N2O/c1-2-8(14)10(16)15-9-6(11)3-5(12)4-7(9)13/h3-4,8H,2,14H2,1H3,(H,15,16). The fraction of sp³-hybridized carbons (Fsp3) is 0.300. The Morgan fingerprint density at radius 1 is 1.56 bits per heavy atom. The Bertz CT molecular complexity index is 389. The molecule has 0 aliphatic rings. The second-order valence-corrected chi connectivity index (χ2v) is 3.66. The third kappa shape index (κ3) is 2.90. The lowest BCUT2D eigenvalue weighted by Crippen LogP contribution is -2.35. The largest absolute Gasteiger partial charge is 0.321 e. The molecule has 16 heavy (non-hydrogen) atoms. The SMILES string of the molecule is CCC(N)C(=O)Nc1c(F)cc(F)cc1Cl. The minimum Gasteiger partial charge on any atom is -0.321 e. The number of nitrogens with one attached hydrogen (secondary N) is 1. The van der Waals surface area contributed by atoms with Crippen LogP contribution in [0.1, 0.15) is 13.3 Å². The molecular formula is C10H11ClF2N2O. The Kier molecular flexibility index (Phi) is 4.20. The summed E-state index contributed by atoms with van der Waals surface area (Å²) in [6, 6.07) is 0.803. The lowest BCUT2D eigenvalue weighted by atomic mass is 10.2. The van der Waals surface area contributed by atoms with E-state index in [9.17, 15) is 13.6 Å². The van der Waals surface area contributed by atoms with Gasteiger partial charge < -0.3 is 11.1 Å². The van der Waals surface area contributed by atoms with Crippen molar-refractivity contribution in [1.82, 2.24) is 0 Å². The number of hydrogen-bond acceptors (Lipinski definition) is 2. The van der Waals surface area contributed by atoms with Crippen molar-refractivity contribution in [3.63, 3.8) is 0 Å². The second-order valence-electron chi connectivity index (χ2n) is 3.25. The molecule has 1 rings (SSSR count). The van der Waals surface area contributed by atoms with E-state index in [1.165, 1.54) is 0 Å². The van der Waals surface area contributed by atoms with Crippen LogP contribution in [0.25, 0.3) is 0 Å². The van der Waals surface area contributed by atoms with Gasteiger partial charge in [0.1, 0.15) is 5.82 Å². The number of carbonyl (C=O) groups excluding carboxylic acids is 1. The molecule has 0 radical (unpaired) electrons. The van der Waals surface area contributed by atoms with Gasteiger partial charge in [-0.1, -0.05) is 18.5 Å². The summed E-state index contributed by atoms with van der Waals surface area (Å²) in [4.78, 5) is 11.4. The van der Waals surface area contributed by atoms with Crippen molar-refractivity contribution in [2.75, 3.05) is 5.32 Å². The predicted molar refractivity (Wildman–Crippen MR) is 58.3 cm³/mol. The fourth-order valence-corrected chi connectivity index (χ4v) is 1.30. The Hall–Kier alpha value is -1.20. The molecule has 1 aromatic carbocycles. The molecule has 0 aromatic heterocycles. The van der Waals surface area contributed by atoms with Gasteiger partial charge in [0.15, 0.2) is 5.82 Å². The van der Waals surface area contributed by atoms with Crippen molar-refractivity contribution < 1.29 is 13.6 Å². The number of rotatable bonds is 3. The molecule has 0 heterocycles. The molecule has 0 aliphatic heterocycles. The van der Waals surface area contributed by atoms with Crippen LogP contribution in [0.4, 0.5) is 14.5 Å². The molecule has 1 atom stereocenters. The third-order valence-corrected chi connectivity index (χ3v) is 2.33. The average molecular weight is 249 g/mol. The first-order valence-corrected chi connectivity index (χ1v) is 5.04. The molecule has 1 unspecified atom stereocenters. The number of hydrogen-bond donors (Lipinski definition) is 2. The number of amides is 1. The average Bonchev–Trinajstić information content (AvgIpc) is 2.21. The van der Waals surface area contributed by atoms with Crippen LogP contribution in [0.15, 0.2) is 12.1 Å². The van der Waals surface area contributed by atoms with Crippen molar-refractivity contribution in [1.29, 1.82) is 0 Å². The first-order valence-electron chi connectivity index (χ1n) is 4.66. The first-order chi connectivity index (χ1) is 7.45. The number of halogens is 3. The Morgan fingerprint density at radius 2 is 2.19 bits per heavy atom. The van der Waals surface area contributed by atoms with E-state index in [1.807, 2.05) is 0 Å². The van der Waals surface area contributed by atoms with Crippen LogP contribution in [0.5, 0.6) is 0 Å². The maximum Gasteiger partial charge on any atom is 0.241 e. The zero-order chi connectivity index (χ0) is 12.3. The summed E-state index contributed by atoms with van der Waals surface area (Å²) < 4.78 is 26.0. The van der Waals surface area contributed by atoms with Gasteiger partial charge in [-0.2, -0.15) is 0 Å². The van der Waals surface area contributed by atoms with Crippen LogP contribution in [0.2, 0.25) is 5.02 Å². The van der Waals surface area contributed by atoms with E-state index < -0.39 is 23.6 Å². The molecule has 3 nitrogen and oxygen atoms in total. The number of carbonyl (C=O) groups is 1. The smallest absolute Gasteiger partial charge is 0.241 e. The minimum absolute atomic E-state index is 0.200. The zero-order valence-electron chi connectivity index (χ0n) is 8.56. The van der Waals surface area contributed by atoms with Crippen molar-refractivity contribution in [3.05, 3.63) is 28.8 Å². The van der Waals surface area contributed by atoms with E-state index in [0.29, 0.717) is 12.5 Å². The molecule has 0 fully saturated rings. The van der Waals surface area contributed by atoms with Crippen LogP contribution < -0.4 is 11.1 Å². The van der Waals surface area contributed by atoms with Gasteiger partial charge in [0.05, 0.1) is 16.8 Å². The lowest BCUT2D eigenvalue weighted by Gasteiger charge is -2.12. The van der Waals surface area contributed by atoms with Crippen LogP contribution in [-0.2, 0) is 4.79 Å². The van der Waals surface area contributed by atoms with Gasteiger partial charge >= 0.3 is 0 Å². The Morgan fingerprint density at radius 3 is 2.69 bits per heavy atom. The highest BCUT2D eigenvalue weighted by molar-refractivity contribution is 6.33. The molecule has 88 valence electrons. The quantitative estimate of drug-likeness (QED) is 0.862. The van der Waals surface area contributed by atoms with Gasteiger partial charge in [-0.25, -0.2) is 8.78 Å². The highest BCUT2D eigenvalue weighted by Gasteiger charge is 2.16. The number of anilines is 1. The van der Waals surface area contributed by atoms with E-state index in [0.717, 1.165) is 6.07 Å². The highest BCUT2D eigenvalue weighted by atomic mass is 35.5. The summed E-state index contributed by atoms with van der Waals surface area (Å²) in [6.45, 7) is 1.72. The Labute approximate surface area is 96.6 Å². The van der Waals surface area contributed by atoms with Crippen molar-refractivity contribution >= 4 is 23.2 Å². The van der Waals surface area contributed by atoms with Crippen LogP contribution in [0, 0.1) is 11.6 Å². The number of nitrogens with two attached hydrogens (primary N) is 1. The summed E-state index contributed by atoms with van der Waals surface area (Å²) in [7, 11) is 0. The molecular weight excluding hydrogens is 238 g/mol. The van der Waals surface area contributed by atoms with Crippen LogP contribution in [0.3, 0.4) is 0 Å². The molecule has 0 bridgehead atoms. The maximum absolute atomic E-state index is 13.3. The van der Waals surface area contributed by atoms with Crippen molar-refractivity contribution in [3.8, 4) is 0 Å². The predicted octanol–water partition coefficient (Wildman–Crippen LogP) is 2.29. The molecule has 0 spiro atoms. The maximum atomic E-state index is 13.3. The third-order valence-electron chi connectivity index (χ3n) is 2.03. The number of benzene rings is 1. The van der Waals surface area contributed by atoms with E-state index in [-0.39, 0.29) is 10.7 Å². The summed E-state index contributed by atoms with van der Waals surface area (Å²) >= 11 is 5.59. The molecule has 0 saturated carbocycles. The summed E-state index contributed by atoms with van der Waals surface area (Å²) in [6.07, 6.45) is 0.409. The summed E-state index contributed by atoms with van der Waals surface area (Å²) in [5.74, 6) is -2.29. The zero-order valence-corrected chi connectivity index (χ0v) is 9.31. The summed E-state index contributed by atoms with van der Waals surface area (Å²) in [5.41, 5.74) is 5.19. The van der Waals surface area contributed by atoms with E-state index in [4.69, 9.17) is 17.3 Å². The molecule has 3 N–H and O–H groups in total. The van der Waals surface area contributed by atoms with Crippen molar-refractivity contribution in [2.45, 2.75) is 19.4 Å². The van der Waals surface area contributed by atoms with E-state index in [1.54, 1.807) is 6.92 Å². The first kappa shape index (κ1) is 12.9. The monoisotopic (exact) mass is 248 g/mol. The topological polar surface area (TPSA) is 55.1 Å². The van der Waals surface area contributed by atoms with Gasteiger partial charge in [0, 0.05) is 6.07 Å². The summed E-state index contributed by atoms with van der Waals surface area (Å²) in [5, 5.41) is 2.02. The van der Waals surface area contributed by atoms with Gasteiger partial charge in [-0.15, -0.1) is 0 Å². The van der Waals surface area contributed by atoms with E-state index >= 15 is 0 Å². The molecule has 6 heteroatoms. The van der Waals surface area contributed by atoms with Crippen LogP contribution in [-0.4, -0.2) is 11.9 Å². The van der Waals surface area contributed by atoms with E-state index in [2.05, 4.69) is 5.32 Å².